The molecule has 24 heavy (non-hydrogen) atoms. The van der Waals surface area contributed by atoms with Gasteiger partial charge in [-0.1, -0.05) is 36.4 Å². The van der Waals surface area contributed by atoms with Crippen molar-refractivity contribution in [1.82, 2.24) is 15.2 Å². The highest BCUT2D eigenvalue weighted by atomic mass is 15.3. The molecule has 3 rings (SSSR count). The predicted molar refractivity (Wildman–Crippen MR) is 96.8 cm³/mol. The molecule has 0 aliphatic heterocycles. The quantitative estimate of drug-likeness (QED) is 0.706. The second kappa shape index (κ2) is 6.87. The lowest BCUT2D eigenvalue weighted by atomic mass is 10.1. The van der Waals surface area contributed by atoms with Crippen LogP contribution >= 0.6 is 0 Å². The van der Waals surface area contributed by atoms with E-state index in [1.54, 1.807) is 0 Å². The van der Waals surface area contributed by atoms with E-state index in [1.165, 1.54) is 18.0 Å². The van der Waals surface area contributed by atoms with Gasteiger partial charge in [0.2, 0.25) is 5.95 Å². The van der Waals surface area contributed by atoms with Gasteiger partial charge in [-0.2, -0.15) is 0 Å². The second-order valence-electron chi connectivity index (χ2n) is 5.42. The van der Waals surface area contributed by atoms with Gasteiger partial charge in [0, 0.05) is 31.6 Å². The summed E-state index contributed by atoms with van der Waals surface area (Å²) < 4.78 is 0. The second-order valence-corrected chi connectivity index (χ2v) is 5.42. The fraction of sp³-hybridized carbons (Fsp3) is 0.111. The Morgan fingerprint density at radius 2 is 1.92 bits per heavy atom. The van der Waals surface area contributed by atoms with E-state index in [2.05, 4.69) is 27.3 Å². The number of nitrogens with one attached hydrogen (secondary N) is 1. The average molecular weight is 318 g/mol. The molecule has 0 atom stereocenters. The maximum atomic E-state index is 7.37. The molecule has 0 unspecified atom stereocenters. The van der Waals surface area contributed by atoms with Gasteiger partial charge in [0.05, 0.1) is 5.52 Å². The number of allylic oxidation sites excluding steroid dienone is 1. The van der Waals surface area contributed by atoms with Crippen LogP contribution in [0.1, 0.15) is 11.1 Å². The monoisotopic (exact) mass is 318 g/mol. The third kappa shape index (κ3) is 3.22. The molecule has 6 heteroatoms. The molecular formula is C18H18N6. The van der Waals surface area contributed by atoms with Crippen LogP contribution in [-0.4, -0.2) is 28.4 Å². The Kier molecular flexibility index (Phi) is 4.47. The highest BCUT2D eigenvalue weighted by molar-refractivity contribution is 6.08. The maximum absolute atomic E-state index is 7.37. The summed E-state index contributed by atoms with van der Waals surface area (Å²) in [7, 11) is 1.94. The van der Waals surface area contributed by atoms with E-state index in [0.717, 1.165) is 11.1 Å². The van der Waals surface area contributed by atoms with Crippen LogP contribution in [0.4, 0.5) is 5.95 Å². The fourth-order valence-electron chi connectivity index (χ4n) is 2.42. The van der Waals surface area contributed by atoms with Crippen molar-refractivity contribution in [2.24, 2.45) is 5.73 Å². The van der Waals surface area contributed by atoms with Crippen molar-refractivity contribution in [3.8, 4) is 0 Å². The highest BCUT2D eigenvalue weighted by Gasteiger charge is 2.09. The summed E-state index contributed by atoms with van der Waals surface area (Å²) in [6.45, 7) is 0.708. The van der Waals surface area contributed by atoms with Gasteiger partial charge < -0.3 is 16.0 Å². The van der Waals surface area contributed by atoms with Crippen molar-refractivity contribution in [3.05, 3.63) is 65.9 Å². The normalized spacial score (nSPS) is 11.5. The van der Waals surface area contributed by atoms with Crippen molar-refractivity contribution in [2.45, 2.75) is 6.54 Å². The van der Waals surface area contributed by atoms with Crippen LogP contribution in [0.5, 0.6) is 0 Å². The van der Waals surface area contributed by atoms with Gasteiger partial charge in [0.1, 0.15) is 5.52 Å². The fourth-order valence-corrected chi connectivity index (χ4v) is 2.42. The number of fused-ring (bicyclic) bond motifs is 1. The first-order chi connectivity index (χ1) is 11.7. The van der Waals surface area contributed by atoms with Crippen LogP contribution in [-0.2, 0) is 6.54 Å². The molecule has 0 bridgehead atoms. The number of nitrogens with two attached hydrogens (primary N) is 1. The lowest BCUT2D eigenvalue weighted by molar-refractivity contribution is 0.845. The smallest absolute Gasteiger partial charge is 0.245 e. The maximum Gasteiger partial charge on any atom is 0.245 e. The molecule has 0 saturated carbocycles. The van der Waals surface area contributed by atoms with Crippen LogP contribution in [0.3, 0.4) is 0 Å². The summed E-state index contributed by atoms with van der Waals surface area (Å²) in [6, 6.07) is 15.7. The van der Waals surface area contributed by atoms with Crippen LogP contribution < -0.4 is 10.6 Å². The van der Waals surface area contributed by atoms with E-state index < -0.39 is 0 Å². The number of hydrogen-bond acceptors (Lipinski definition) is 6. The first-order valence-corrected chi connectivity index (χ1v) is 7.53. The highest BCUT2D eigenvalue weighted by Crippen LogP contribution is 2.19. The molecule has 6 nitrogen and oxygen atoms in total. The van der Waals surface area contributed by atoms with Crippen LogP contribution in [0.15, 0.2) is 54.7 Å². The summed E-state index contributed by atoms with van der Waals surface area (Å²) in [4.78, 5) is 6.52. The van der Waals surface area contributed by atoms with Crippen LogP contribution in [0.2, 0.25) is 0 Å². The standard InChI is InChI=1S/C18H18N6/c1-24(12-13-5-3-2-4-6-13)18-21-16-8-7-14(15(10-19)11-20)9-17(16)22-23-18/h2-11,19H,12,20H2,1H3/b15-11+,19-10?. The number of rotatable bonds is 5. The SMILES string of the molecule is CN(Cc1ccccc1)c1nnc2cc(/C(C=N)=C/N)ccc2n1. The van der Waals surface area contributed by atoms with E-state index in [4.69, 9.17) is 11.1 Å². The molecule has 0 spiro atoms. The predicted octanol–water partition coefficient (Wildman–Crippen LogP) is 2.61. The van der Waals surface area contributed by atoms with Gasteiger partial charge >= 0.3 is 0 Å². The molecule has 1 heterocycles. The molecule has 0 aliphatic carbocycles. The topological polar surface area (TPSA) is 91.8 Å². The Bertz CT molecular complexity index is 888. The Balaban J connectivity index is 1.88. The first kappa shape index (κ1) is 15.6. The van der Waals surface area contributed by atoms with E-state index >= 15 is 0 Å². The molecular weight excluding hydrogens is 300 g/mol. The minimum absolute atomic E-state index is 0.570. The zero-order chi connectivity index (χ0) is 16.9. The summed E-state index contributed by atoms with van der Waals surface area (Å²) in [5.74, 6) is 0.570. The molecule has 0 saturated heterocycles. The molecule has 3 N–H and O–H groups in total. The van der Waals surface area contributed by atoms with Crippen LogP contribution in [0, 0.1) is 5.41 Å². The average Bonchev–Trinajstić information content (AvgIpc) is 2.63. The van der Waals surface area contributed by atoms with Gasteiger partial charge in [-0.05, 0) is 23.3 Å². The lowest BCUT2D eigenvalue weighted by Crippen LogP contribution is -2.19. The Hall–Kier alpha value is -3.28. The molecule has 0 radical (unpaired) electrons. The molecule has 0 fully saturated rings. The van der Waals surface area contributed by atoms with Gasteiger partial charge in [-0.15, -0.1) is 10.2 Å². The van der Waals surface area contributed by atoms with Gasteiger partial charge in [-0.25, -0.2) is 4.98 Å². The van der Waals surface area contributed by atoms with Gasteiger partial charge in [0.15, 0.2) is 0 Å². The van der Waals surface area contributed by atoms with Crippen molar-refractivity contribution in [2.75, 3.05) is 11.9 Å². The van der Waals surface area contributed by atoms with E-state index in [0.29, 0.717) is 23.6 Å². The van der Waals surface area contributed by atoms with Gasteiger partial charge in [-0.3, -0.25) is 0 Å². The minimum atomic E-state index is 0.570. The molecule has 0 aliphatic rings. The van der Waals surface area contributed by atoms with Gasteiger partial charge in [0.25, 0.3) is 0 Å². The Labute approximate surface area is 140 Å². The van der Waals surface area contributed by atoms with Crippen molar-refractivity contribution in [3.63, 3.8) is 0 Å². The summed E-state index contributed by atoms with van der Waals surface area (Å²) >= 11 is 0. The number of benzene rings is 2. The third-order valence-corrected chi connectivity index (χ3v) is 3.72. The number of hydrogen-bond donors (Lipinski definition) is 2. The van der Waals surface area contributed by atoms with Crippen LogP contribution in [0.25, 0.3) is 16.6 Å². The molecule has 0 amide bonds. The zero-order valence-corrected chi connectivity index (χ0v) is 13.3. The lowest BCUT2D eigenvalue weighted by Gasteiger charge is -2.16. The van der Waals surface area contributed by atoms with E-state index in [9.17, 15) is 0 Å². The Morgan fingerprint density at radius 3 is 2.62 bits per heavy atom. The number of aromatic nitrogens is 3. The first-order valence-electron chi connectivity index (χ1n) is 7.53. The van der Waals surface area contributed by atoms with Crippen molar-refractivity contribution >= 4 is 28.8 Å². The Morgan fingerprint density at radius 1 is 1.12 bits per heavy atom. The third-order valence-electron chi connectivity index (χ3n) is 3.72. The zero-order valence-electron chi connectivity index (χ0n) is 13.3. The molecule has 1 aromatic heterocycles. The van der Waals surface area contributed by atoms with E-state index in [-0.39, 0.29) is 0 Å². The molecule has 2 aromatic carbocycles. The largest absolute Gasteiger partial charge is 0.404 e. The number of anilines is 1. The molecule has 120 valence electrons. The number of nitrogens with zero attached hydrogens (tertiary/aromatic N) is 4. The summed E-state index contributed by atoms with van der Waals surface area (Å²) in [5, 5.41) is 15.8. The summed E-state index contributed by atoms with van der Waals surface area (Å²) in [5.41, 5.74) is 9.58. The summed E-state index contributed by atoms with van der Waals surface area (Å²) in [6.07, 6.45) is 2.61. The molecule has 3 aromatic rings. The van der Waals surface area contributed by atoms with E-state index in [1.807, 2.05) is 48.3 Å². The van der Waals surface area contributed by atoms with Crippen molar-refractivity contribution < 1.29 is 0 Å². The van der Waals surface area contributed by atoms with Crippen molar-refractivity contribution in [1.29, 1.82) is 5.41 Å². The minimum Gasteiger partial charge on any atom is -0.404 e.